The lowest BCUT2D eigenvalue weighted by atomic mass is 10.1. The first-order valence-electron chi connectivity index (χ1n) is 10.5. The Kier molecular flexibility index (Phi) is 8.39. The molecule has 9 heteroatoms. The molecule has 2 aromatic carbocycles. The topological polar surface area (TPSA) is 111 Å². The van der Waals surface area contributed by atoms with Gasteiger partial charge >= 0.3 is 5.69 Å². The van der Waals surface area contributed by atoms with Crippen molar-refractivity contribution in [2.45, 2.75) is 52.7 Å². The van der Waals surface area contributed by atoms with Gasteiger partial charge in [0.2, 0.25) is 11.7 Å². The molecule has 0 saturated heterocycles. The van der Waals surface area contributed by atoms with Crippen LogP contribution in [0.1, 0.15) is 38.8 Å². The Balaban J connectivity index is 2.22. The lowest BCUT2D eigenvalue weighted by molar-refractivity contribution is -0.385. The van der Waals surface area contributed by atoms with E-state index in [1.165, 1.54) is 30.2 Å². The number of ether oxygens (including phenoxy) is 2. The van der Waals surface area contributed by atoms with E-state index >= 15 is 0 Å². The summed E-state index contributed by atoms with van der Waals surface area (Å²) < 4.78 is 10.6. The minimum Gasteiger partial charge on any atom is -0.490 e. The van der Waals surface area contributed by atoms with Crippen molar-refractivity contribution in [3.05, 3.63) is 63.7 Å². The first kappa shape index (κ1) is 25.6. The number of rotatable bonds is 9. The van der Waals surface area contributed by atoms with Gasteiger partial charge in [-0.15, -0.1) is 0 Å². The summed E-state index contributed by atoms with van der Waals surface area (Å²) in [6.07, 6.45) is 0. The number of amides is 2. The summed E-state index contributed by atoms with van der Waals surface area (Å²) in [5.41, 5.74) is 1.27. The van der Waals surface area contributed by atoms with Gasteiger partial charge in [-0.2, -0.15) is 0 Å². The second-order valence-corrected chi connectivity index (χ2v) is 8.81. The highest BCUT2D eigenvalue weighted by atomic mass is 16.6. The molecule has 1 unspecified atom stereocenters. The van der Waals surface area contributed by atoms with Gasteiger partial charge in [0.25, 0.3) is 5.91 Å². The van der Waals surface area contributed by atoms with Crippen LogP contribution in [-0.2, 0) is 16.1 Å². The lowest BCUT2D eigenvalue weighted by Gasteiger charge is -2.31. The predicted molar refractivity (Wildman–Crippen MR) is 124 cm³/mol. The van der Waals surface area contributed by atoms with E-state index in [9.17, 15) is 19.7 Å². The first-order chi connectivity index (χ1) is 15.4. The van der Waals surface area contributed by atoms with Gasteiger partial charge in [-0.25, -0.2) is 0 Å². The van der Waals surface area contributed by atoms with Crippen molar-refractivity contribution in [2.75, 3.05) is 13.7 Å². The number of methoxy groups -OCH3 is 1. The summed E-state index contributed by atoms with van der Waals surface area (Å²) in [7, 11) is 1.32. The van der Waals surface area contributed by atoms with Gasteiger partial charge in [-0.1, -0.05) is 29.8 Å². The normalized spacial score (nSPS) is 11.9. The van der Waals surface area contributed by atoms with Crippen molar-refractivity contribution in [3.8, 4) is 11.5 Å². The molecule has 0 bridgehead atoms. The molecular weight excluding hydrogens is 426 g/mol. The highest BCUT2D eigenvalue weighted by molar-refractivity contribution is 5.88. The van der Waals surface area contributed by atoms with Crippen LogP contribution in [0.4, 0.5) is 5.69 Å². The highest BCUT2D eigenvalue weighted by Crippen LogP contribution is 2.30. The first-order valence-corrected chi connectivity index (χ1v) is 10.5. The van der Waals surface area contributed by atoms with Gasteiger partial charge in [-0.3, -0.25) is 19.7 Å². The van der Waals surface area contributed by atoms with Crippen LogP contribution in [0, 0.1) is 17.0 Å². The van der Waals surface area contributed by atoms with E-state index < -0.39 is 22.4 Å². The Morgan fingerprint density at radius 2 is 1.88 bits per heavy atom. The summed E-state index contributed by atoms with van der Waals surface area (Å²) in [5, 5.41) is 14.0. The zero-order chi connectivity index (χ0) is 24.8. The molecule has 9 nitrogen and oxygen atoms in total. The molecule has 2 rings (SSSR count). The Morgan fingerprint density at radius 3 is 2.45 bits per heavy atom. The van der Waals surface area contributed by atoms with Crippen LogP contribution in [-0.4, -0.2) is 46.9 Å². The van der Waals surface area contributed by atoms with Crippen LogP contribution in [0.2, 0.25) is 0 Å². The molecule has 33 heavy (non-hydrogen) atoms. The van der Waals surface area contributed by atoms with Crippen LogP contribution in [0.3, 0.4) is 0 Å². The quantitative estimate of drug-likeness (QED) is 0.455. The number of nitrogens with zero attached hydrogens (tertiary/aromatic N) is 2. The average molecular weight is 458 g/mol. The average Bonchev–Trinajstić information content (AvgIpc) is 2.73. The van der Waals surface area contributed by atoms with Crippen LogP contribution < -0.4 is 14.8 Å². The molecule has 1 atom stereocenters. The van der Waals surface area contributed by atoms with Crippen molar-refractivity contribution in [1.29, 1.82) is 0 Å². The van der Waals surface area contributed by atoms with Gasteiger partial charge in [0, 0.05) is 24.2 Å². The summed E-state index contributed by atoms with van der Waals surface area (Å²) >= 11 is 0. The maximum Gasteiger partial charge on any atom is 0.311 e. The highest BCUT2D eigenvalue weighted by Gasteiger charge is 2.29. The van der Waals surface area contributed by atoms with E-state index in [0.717, 1.165) is 11.1 Å². The molecule has 0 spiro atoms. The predicted octanol–water partition coefficient (Wildman–Crippen LogP) is 3.62. The number of carbonyl (C=O) groups excluding carboxylic acids is 2. The van der Waals surface area contributed by atoms with E-state index in [4.69, 9.17) is 9.47 Å². The largest absolute Gasteiger partial charge is 0.490 e. The summed E-state index contributed by atoms with van der Waals surface area (Å²) in [6, 6.07) is 11.0. The smallest absolute Gasteiger partial charge is 0.311 e. The monoisotopic (exact) mass is 457 g/mol. The maximum atomic E-state index is 13.1. The molecule has 2 amide bonds. The Bertz CT molecular complexity index is 1020. The van der Waals surface area contributed by atoms with Crippen LogP contribution >= 0.6 is 0 Å². The molecule has 2 aromatic rings. The van der Waals surface area contributed by atoms with Crippen LogP contribution in [0.25, 0.3) is 0 Å². The standard InChI is InChI=1S/C24H31N3O6/c1-16-8-7-9-18(12-16)14-26(17(2)23(29)25-24(3,4)5)22(28)15-33-19-10-11-20(27(30)31)21(13-19)32-6/h7-13,17H,14-15H2,1-6H3,(H,25,29). The summed E-state index contributed by atoms with van der Waals surface area (Å²) in [6.45, 7) is 9.12. The molecule has 0 aliphatic carbocycles. The van der Waals surface area contributed by atoms with Gasteiger partial charge in [0.05, 0.1) is 12.0 Å². The number of hydrogen-bond donors (Lipinski definition) is 1. The Morgan fingerprint density at radius 1 is 1.18 bits per heavy atom. The zero-order valence-corrected chi connectivity index (χ0v) is 19.9. The van der Waals surface area contributed by atoms with Gasteiger partial charge < -0.3 is 19.7 Å². The lowest BCUT2D eigenvalue weighted by Crippen LogP contribution is -2.53. The number of nitro benzene ring substituents is 1. The molecular formula is C24H31N3O6. The molecule has 178 valence electrons. The second kappa shape index (κ2) is 10.8. The van der Waals surface area contributed by atoms with E-state index in [0.29, 0.717) is 0 Å². The molecule has 0 aliphatic rings. The molecule has 0 aliphatic heterocycles. The van der Waals surface area contributed by atoms with Gasteiger partial charge in [0.15, 0.2) is 6.61 Å². The van der Waals surface area contributed by atoms with Gasteiger partial charge in [-0.05, 0) is 46.2 Å². The van der Waals surface area contributed by atoms with E-state index in [-0.39, 0.29) is 36.2 Å². The molecule has 0 fully saturated rings. The third-order valence-electron chi connectivity index (χ3n) is 4.81. The minimum atomic E-state index is -0.743. The SMILES string of the molecule is COc1cc(OCC(=O)N(Cc2cccc(C)c2)C(C)C(=O)NC(C)(C)C)ccc1[N+](=O)[O-]. The van der Waals surface area contributed by atoms with Crippen molar-refractivity contribution >= 4 is 17.5 Å². The fraction of sp³-hybridized carbons (Fsp3) is 0.417. The van der Waals surface area contributed by atoms with Crippen molar-refractivity contribution in [3.63, 3.8) is 0 Å². The van der Waals surface area contributed by atoms with Crippen molar-refractivity contribution in [1.82, 2.24) is 10.2 Å². The van der Waals surface area contributed by atoms with E-state index in [1.54, 1.807) is 6.92 Å². The number of nitro groups is 1. The Labute approximate surface area is 193 Å². The third-order valence-corrected chi connectivity index (χ3v) is 4.81. The fourth-order valence-electron chi connectivity index (χ4n) is 3.19. The number of aryl methyl sites for hydroxylation is 1. The molecule has 0 saturated carbocycles. The van der Waals surface area contributed by atoms with Crippen LogP contribution in [0.5, 0.6) is 11.5 Å². The van der Waals surface area contributed by atoms with E-state index in [1.807, 2.05) is 52.0 Å². The Hall–Kier alpha value is -3.62. The number of carbonyl (C=O) groups is 2. The third kappa shape index (κ3) is 7.48. The zero-order valence-electron chi connectivity index (χ0n) is 19.9. The molecule has 0 heterocycles. The number of hydrogen-bond acceptors (Lipinski definition) is 6. The van der Waals surface area contributed by atoms with Gasteiger partial charge in [0.1, 0.15) is 11.8 Å². The molecule has 1 N–H and O–H groups in total. The summed E-state index contributed by atoms with van der Waals surface area (Å²) in [5.74, 6) is -0.404. The van der Waals surface area contributed by atoms with Crippen LogP contribution in [0.15, 0.2) is 42.5 Å². The van der Waals surface area contributed by atoms with Crippen molar-refractivity contribution in [2.24, 2.45) is 0 Å². The van der Waals surface area contributed by atoms with Crippen molar-refractivity contribution < 1.29 is 24.0 Å². The number of nitrogens with one attached hydrogen (secondary N) is 1. The van der Waals surface area contributed by atoms with E-state index in [2.05, 4.69) is 5.32 Å². The summed E-state index contributed by atoms with van der Waals surface area (Å²) in [4.78, 5) is 37.9. The molecule has 0 aromatic heterocycles. The minimum absolute atomic E-state index is 0.0273. The number of benzene rings is 2. The fourth-order valence-corrected chi connectivity index (χ4v) is 3.19. The second-order valence-electron chi connectivity index (χ2n) is 8.81. The molecule has 0 radical (unpaired) electrons. The maximum absolute atomic E-state index is 13.1.